The van der Waals surface area contributed by atoms with Crippen LogP contribution in [0, 0.1) is 0 Å². The molecule has 0 saturated carbocycles. The lowest BCUT2D eigenvalue weighted by Crippen LogP contribution is -2.58. The summed E-state index contributed by atoms with van der Waals surface area (Å²) in [6, 6.07) is 0. The van der Waals surface area contributed by atoms with Crippen molar-refractivity contribution < 1.29 is 18.0 Å². The lowest BCUT2D eigenvalue weighted by molar-refractivity contribution is -0.175. The van der Waals surface area contributed by atoms with E-state index in [0.29, 0.717) is 19.5 Å². The first kappa shape index (κ1) is 12.3. The molecule has 1 saturated heterocycles. The second-order valence-electron chi connectivity index (χ2n) is 3.92. The van der Waals surface area contributed by atoms with Gasteiger partial charge in [0.05, 0.1) is 5.54 Å². The smallest absolute Gasteiger partial charge is 0.340 e. The van der Waals surface area contributed by atoms with Crippen molar-refractivity contribution in [3.63, 3.8) is 0 Å². The first-order chi connectivity index (χ1) is 6.79. The van der Waals surface area contributed by atoms with Gasteiger partial charge < -0.3 is 16.0 Å². The summed E-state index contributed by atoms with van der Waals surface area (Å²) in [7, 11) is 1.77. The third-order valence-corrected chi connectivity index (χ3v) is 2.57. The summed E-state index contributed by atoms with van der Waals surface area (Å²) in [5, 5.41) is 1.98. The van der Waals surface area contributed by atoms with Crippen LogP contribution in [0.3, 0.4) is 0 Å². The molecule has 0 spiro atoms. The number of halogens is 3. The zero-order valence-electron chi connectivity index (χ0n) is 8.40. The third-order valence-electron chi connectivity index (χ3n) is 2.57. The number of hydrogen-bond donors (Lipinski definition) is 2. The molecule has 1 unspecified atom stereocenters. The number of carbonyl (C=O) groups excluding carboxylic acids is 1. The normalized spacial score (nSPS) is 28.1. The van der Waals surface area contributed by atoms with E-state index in [4.69, 9.17) is 5.73 Å². The molecule has 0 aromatic carbocycles. The van der Waals surface area contributed by atoms with Crippen LogP contribution in [0.2, 0.25) is 0 Å². The number of likely N-dealkylation sites (tertiary alicyclic amines) is 1. The lowest BCUT2D eigenvalue weighted by atomic mass is 9.99. The van der Waals surface area contributed by atoms with Gasteiger partial charge in [0.15, 0.2) is 0 Å². The van der Waals surface area contributed by atoms with Crippen molar-refractivity contribution in [1.29, 1.82) is 0 Å². The summed E-state index contributed by atoms with van der Waals surface area (Å²) in [4.78, 5) is 12.6. The molecule has 15 heavy (non-hydrogen) atoms. The number of nitrogens with two attached hydrogens (primary N) is 1. The number of carbonyl (C=O) groups is 1. The Bertz CT molecular complexity index is 256. The monoisotopic (exact) mass is 225 g/mol. The molecule has 1 fully saturated rings. The van der Waals surface area contributed by atoms with Crippen LogP contribution in [0.4, 0.5) is 13.2 Å². The molecule has 4 nitrogen and oxygen atoms in total. The molecule has 1 atom stereocenters. The molecule has 7 heteroatoms. The average Bonchev–Trinajstić information content (AvgIpc) is 2.47. The van der Waals surface area contributed by atoms with E-state index in [-0.39, 0.29) is 6.54 Å². The van der Waals surface area contributed by atoms with E-state index in [9.17, 15) is 18.0 Å². The van der Waals surface area contributed by atoms with Crippen LogP contribution >= 0.6 is 0 Å². The summed E-state index contributed by atoms with van der Waals surface area (Å²) in [6.07, 6.45) is -4.40. The number of nitrogens with one attached hydrogen (secondary N) is 1. The Morgan fingerprint density at radius 1 is 1.60 bits per heavy atom. The van der Waals surface area contributed by atoms with Crippen molar-refractivity contribution >= 4 is 5.91 Å². The minimum atomic E-state index is -4.84. The Morgan fingerprint density at radius 2 is 2.20 bits per heavy atom. The molecule has 1 aliphatic heterocycles. The van der Waals surface area contributed by atoms with E-state index in [1.54, 1.807) is 7.05 Å². The molecule has 1 heterocycles. The molecule has 0 bridgehead atoms. The van der Waals surface area contributed by atoms with Gasteiger partial charge in [0, 0.05) is 19.6 Å². The quantitative estimate of drug-likeness (QED) is 0.678. The Labute approximate surface area is 85.6 Å². The zero-order valence-corrected chi connectivity index (χ0v) is 8.40. The minimum Gasteiger partial charge on any atom is -0.340 e. The molecule has 1 aliphatic rings. The zero-order chi connectivity index (χ0) is 11.7. The van der Waals surface area contributed by atoms with Gasteiger partial charge in [-0.05, 0) is 13.5 Å². The van der Waals surface area contributed by atoms with Gasteiger partial charge in [0.1, 0.15) is 0 Å². The molecule has 0 radical (unpaired) electrons. The van der Waals surface area contributed by atoms with Gasteiger partial charge in [-0.3, -0.25) is 4.79 Å². The highest BCUT2D eigenvalue weighted by Crippen LogP contribution is 2.22. The van der Waals surface area contributed by atoms with Gasteiger partial charge in [-0.1, -0.05) is 0 Å². The molecule has 88 valence electrons. The van der Waals surface area contributed by atoms with Crippen molar-refractivity contribution in [2.75, 3.05) is 26.7 Å². The molecule has 0 aromatic heterocycles. The number of likely N-dealkylation sites (N-methyl/N-ethyl adjacent to an activating group) is 1. The second kappa shape index (κ2) is 3.97. The van der Waals surface area contributed by atoms with Crippen LogP contribution in [-0.4, -0.2) is 49.2 Å². The fourth-order valence-electron chi connectivity index (χ4n) is 1.71. The Hall–Kier alpha value is -0.820. The van der Waals surface area contributed by atoms with E-state index in [1.807, 2.05) is 10.2 Å². The van der Waals surface area contributed by atoms with Crippen LogP contribution in [0.25, 0.3) is 0 Å². The van der Waals surface area contributed by atoms with E-state index < -0.39 is 17.6 Å². The van der Waals surface area contributed by atoms with Crippen molar-refractivity contribution in [2.24, 2.45) is 5.73 Å². The molecule has 0 aromatic rings. The highest BCUT2D eigenvalue weighted by Gasteiger charge is 2.45. The summed E-state index contributed by atoms with van der Waals surface area (Å²) in [5.74, 6) is -1.91. The number of amides is 1. The average molecular weight is 225 g/mol. The van der Waals surface area contributed by atoms with Crippen LogP contribution in [0.1, 0.15) is 6.42 Å². The fraction of sp³-hybridized carbons (Fsp3) is 0.875. The summed E-state index contributed by atoms with van der Waals surface area (Å²) in [6.45, 7) is 1.000. The first-order valence-corrected chi connectivity index (χ1v) is 4.57. The summed E-state index contributed by atoms with van der Waals surface area (Å²) >= 11 is 0. The van der Waals surface area contributed by atoms with E-state index >= 15 is 0 Å². The van der Waals surface area contributed by atoms with Crippen molar-refractivity contribution in [3.05, 3.63) is 0 Å². The predicted octanol–water partition coefficient (Wildman–Crippen LogP) is -0.302. The van der Waals surface area contributed by atoms with Gasteiger partial charge in [-0.2, -0.15) is 13.2 Å². The number of nitrogens with zero attached hydrogens (tertiary/aromatic N) is 1. The van der Waals surface area contributed by atoms with Crippen LogP contribution < -0.4 is 11.1 Å². The van der Waals surface area contributed by atoms with E-state index in [1.165, 1.54) is 0 Å². The maximum absolute atomic E-state index is 12.0. The van der Waals surface area contributed by atoms with Crippen molar-refractivity contribution in [3.8, 4) is 0 Å². The van der Waals surface area contributed by atoms with Gasteiger partial charge in [0.25, 0.3) is 0 Å². The van der Waals surface area contributed by atoms with Gasteiger partial charge in [-0.15, -0.1) is 0 Å². The molecule has 1 rings (SSSR count). The predicted molar refractivity (Wildman–Crippen MR) is 48.1 cm³/mol. The number of rotatable bonds is 2. The largest absolute Gasteiger partial charge is 0.471 e. The van der Waals surface area contributed by atoms with E-state index in [0.717, 1.165) is 0 Å². The third kappa shape index (κ3) is 2.82. The molecule has 1 amide bonds. The van der Waals surface area contributed by atoms with Crippen molar-refractivity contribution in [1.82, 2.24) is 10.2 Å². The lowest BCUT2D eigenvalue weighted by Gasteiger charge is -2.29. The Morgan fingerprint density at radius 3 is 2.53 bits per heavy atom. The molecule has 0 aliphatic carbocycles. The van der Waals surface area contributed by atoms with Crippen molar-refractivity contribution in [2.45, 2.75) is 18.1 Å². The number of hydrogen-bond acceptors (Lipinski definition) is 3. The first-order valence-electron chi connectivity index (χ1n) is 4.57. The maximum Gasteiger partial charge on any atom is 0.471 e. The standard InChI is InChI=1S/C8H14F3N3O/c1-14-3-2-7(4-12,5-14)13-6(15)8(9,10)11/h2-5,12H2,1H3,(H,13,15). The number of alkyl halides is 3. The molecule has 3 N–H and O–H groups in total. The van der Waals surface area contributed by atoms with Crippen LogP contribution in [-0.2, 0) is 4.79 Å². The maximum atomic E-state index is 12.0. The van der Waals surface area contributed by atoms with E-state index in [2.05, 4.69) is 0 Å². The summed E-state index contributed by atoms with van der Waals surface area (Å²) in [5.41, 5.74) is 4.48. The Balaban J connectivity index is 2.66. The highest BCUT2D eigenvalue weighted by atomic mass is 19.4. The highest BCUT2D eigenvalue weighted by molar-refractivity contribution is 5.82. The molecular weight excluding hydrogens is 211 g/mol. The van der Waals surface area contributed by atoms with Crippen LogP contribution in [0.15, 0.2) is 0 Å². The summed E-state index contributed by atoms with van der Waals surface area (Å²) < 4.78 is 36.1. The molecular formula is C8H14F3N3O. The minimum absolute atomic E-state index is 0.0131. The fourth-order valence-corrected chi connectivity index (χ4v) is 1.71. The van der Waals surface area contributed by atoms with Crippen LogP contribution in [0.5, 0.6) is 0 Å². The topological polar surface area (TPSA) is 58.4 Å². The SMILES string of the molecule is CN1CCC(CN)(NC(=O)C(F)(F)F)C1. The van der Waals surface area contributed by atoms with Gasteiger partial charge >= 0.3 is 12.1 Å². The van der Waals surface area contributed by atoms with Gasteiger partial charge in [-0.25, -0.2) is 0 Å². The Kier molecular flexibility index (Phi) is 3.25. The van der Waals surface area contributed by atoms with Gasteiger partial charge in [0.2, 0.25) is 0 Å². The second-order valence-corrected chi connectivity index (χ2v) is 3.92.